The number of rotatable bonds is 2. The summed E-state index contributed by atoms with van der Waals surface area (Å²) in [6, 6.07) is 15.4. The van der Waals surface area contributed by atoms with Crippen molar-refractivity contribution >= 4 is 21.9 Å². The number of para-hydroxylation sites is 1. The van der Waals surface area contributed by atoms with E-state index in [1.165, 1.54) is 38.7 Å². The fourth-order valence-corrected chi connectivity index (χ4v) is 4.03. The molecule has 0 amide bonds. The predicted molar refractivity (Wildman–Crippen MR) is 97.4 cm³/mol. The number of aromatic amines is 1. The second-order valence-electron chi connectivity index (χ2n) is 6.78. The van der Waals surface area contributed by atoms with Gasteiger partial charge in [-0.15, -0.1) is 0 Å². The van der Waals surface area contributed by atoms with Crippen molar-refractivity contribution in [2.75, 3.05) is 6.54 Å². The van der Waals surface area contributed by atoms with E-state index in [1.54, 1.807) is 6.26 Å². The van der Waals surface area contributed by atoms with Gasteiger partial charge in [0.15, 0.2) is 0 Å². The zero-order valence-electron chi connectivity index (χ0n) is 13.7. The third kappa shape index (κ3) is 2.09. The van der Waals surface area contributed by atoms with Gasteiger partial charge in [-0.05, 0) is 55.6 Å². The normalized spacial score (nSPS) is 17.5. The van der Waals surface area contributed by atoms with Crippen LogP contribution in [0.1, 0.15) is 28.4 Å². The van der Waals surface area contributed by atoms with Gasteiger partial charge in [-0.25, -0.2) is 0 Å². The second kappa shape index (κ2) is 5.25. The summed E-state index contributed by atoms with van der Waals surface area (Å²) in [7, 11) is 0. The first-order chi connectivity index (χ1) is 11.8. The number of aromatic nitrogens is 1. The minimum absolute atomic E-state index is 0.303. The molecule has 2 N–H and O–H groups in total. The number of hydrogen-bond acceptors (Lipinski definition) is 2. The molecular weight excluding hydrogens is 296 g/mol. The number of H-pyrrole nitrogens is 1. The molecule has 2 aromatic carbocycles. The van der Waals surface area contributed by atoms with Crippen molar-refractivity contribution in [1.82, 2.24) is 10.3 Å². The van der Waals surface area contributed by atoms with Crippen LogP contribution in [-0.2, 0) is 12.8 Å². The van der Waals surface area contributed by atoms with Crippen LogP contribution >= 0.6 is 0 Å². The second-order valence-corrected chi connectivity index (χ2v) is 6.78. The topological polar surface area (TPSA) is 41.0 Å². The Morgan fingerprint density at radius 3 is 3.08 bits per heavy atom. The Morgan fingerprint density at radius 2 is 2.12 bits per heavy atom. The average Bonchev–Trinajstić information content (AvgIpc) is 3.20. The molecule has 3 heteroatoms. The van der Waals surface area contributed by atoms with Gasteiger partial charge in [-0.2, -0.15) is 0 Å². The molecular formula is C21H20N2O. The van der Waals surface area contributed by atoms with Crippen LogP contribution in [0.5, 0.6) is 0 Å². The van der Waals surface area contributed by atoms with Crippen LogP contribution in [0.4, 0.5) is 0 Å². The zero-order valence-corrected chi connectivity index (χ0v) is 13.7. The first-order valence-electron chi connectivity index (χ1n) is 8.59. The van der Waals surface area contributed by atoms with Crippen LogP contribution in [0, 0.1) is 6.92 Å². The Morgan fingerprint density at radius 1 is 1.17 bits per heavy atom. The lowest BCUT2D eigenvalue weighted by molar-refractivity contribution is 0.492. The quantitative estimate of drug-likeness (QED) is 0.565. The van der Waals surface area contributed by atoms with Crippen molar-refractivity contribution in [3.8, 4) is 0 Å². The van der Waals surface area contributed by atoms with Crippen LogP contribution in [0.15, 0.2) is 53.1 Å². The standard InChI is InChI=1S/C21H20N2O/c1-13-5-6-18-17(11-13)16-7-9-22-19(20(16)23-18)12-15-4-2-3-14-8-10-24-21(14)15/h2-6,8,10-11,19,22-23H,7,9,12H2,1H3. The molecule has 0 saturated heterocycles. The number of hydrogen-bond donors (Lipinski definition) is 2. The molecule has 0 radical (unpaired) electrons. The van der Waals surface area contributed by atoms with Crippen LogP contribution in [0.25, 0.3) is 21.9 Å². The summed E-state index contributed by atoms with van der Waals surface area (Å²) >= 11 is 0. The van der Waals surface area contributed by atoms with Gasteiger partial charge < -0.3 is 14.7 Å². The van der Waals surface area contributed by atoms with Gasteiger partial charge in [-0.3, -0.25) is 0 Å². The minimum Gasteiger partial charge on any atom is -0.464 e. The fraction of sp³-hybridized carbons (Fsp3) is 0.238. The highest BCUT2D eigenvalue weighted by molar-refractivity contribution is 5.86. The van der Waals surface area contributed by atoms with E-state index in [9.17, 15) is 0 Å². The SMILES string of the molecule is Cc1ccc2[nH]c3c(c2c1)CCNC3Cc1cccc2ccoc12. The molecule has 1 unspecified atom stereocenters. The van der Waals surface area contributed by atoms with Crippen LogP contribution < -0.4 is 5.32 Å². The lowest BCUT2D eigenvalue weighted by Gasteiger charge is -2.24. The molecule has 24 heavy (non-hydrogen) atoms. The lowest BCUT2D eigenvalue weighted by Crippen LogP contribution is -2.31. The molecule has 0 bridgehead atoms. The maximum absolute atomic E-state index is 5.72. The maximum atomic E-state index is 5.72. The average molecular weight is 316 g/mol. The maximum Gasteiger partial charge on any atom is 0.137 e. The van der Waals surface area contributed by atoms with Crippen molar-refractivity contribution in [2.45, 2.75) is 25.8 Å². The Balaban J connectivity index is 1.59. The van der Waals surface area contributed by atoms with E-state index in [0.717, 1.165) is 25.0 Å². The predicted octanol–water partition coefficient (Wildman–Crippen LogP) is 4.65. The van der Waals surface area contributed by atoms with Gasteiger partial charge in [0.05, 0.1) is 12.3 Å². The first-order valence-corrected chi connectivity index (χ1v) is 8.59. The van der Waals surface area contributed by atoms with E-state index >= 15 is 0 Å². The molecule has 3 nitrogen and oxygen atoms in total. The highest BCUT2D eigenvalue weighted by Gasteiger charge is 2.24. The lowest BCUT2D eigenvalue weighted by atomic mass is 9.94. The summed E-state index contributed by atoms with van der Waals surface area (Å²) in [4.78, 5) is 3.66. The van der Waals surface area contributed by atoms with Crippen LogP contribution in [-0.4, -0.2) is 11.5 Å². The summed E-state index contributed by atoms with van der Waals surface area (Å²) in [5.41, 5.74) is 7.65. The molecule has 0 fully saturated rings. The Bertz CT molecular complexity index is 1040. The van der Waals surface area contributed by atoms with Crippen molar-refractivity contribution in [3.05, 3.63) is 71.1 Å². The van der Waals surface area contributed by atoms with Gasteiger partial charge >= 0.3 is 0 Å². The molecule has 120 valence electrons. The largest absolute Gasteiger partial charge is 0.464 e. The number of nitrogens with one attached hydrogen (secondary N) is 2. The van der Waals surface area contributed by atoms with Crippen molar-refractivity contribution in [1.29, 1.82) is 0 Å². The fourth-order valence-electron chi connectivity index (χ4n) is 4.03. The summed E-state index contributed by atoms with van der Waals surface area (Å²) in [6.07, 6.45) is 3.80. The van der Waals surface area contributed by atoms with Crippen molar-refractivity contribution in [2.24, 2.45) is 0 Å². The molecule has 0 saturated carbocycles. The number of benzene rings is 2. The molecule has 1 atom stereocenters. The zero-order chi connectivity index (χ0) is 16.1. The van der Waals surface area contributed by atoms with E-state index in [1.807, 2.05) is 6.07 Å². The third-order valence-electron chi connectivity index (χ3n) is 5.19. The Kier molecular flexibility index (Phi) is 3.03. The number of fused-ring (bicyclic) bond motifs is 4. The van der Waals surface area contributed by atoms with Crippen LogP contribution in [0.2, 0.25) is 0 Å². The van der Waals surface area contributed by atoms with E-state index in [2.05, 4.69) is 53.6 Å². The molecule has 0 spiro atoms. The van der Waals surface area contributed by atoms with Gasteiger partial charge in [0.25, 0.3) is 0 Å². The molecule has 4 aromatic rings. The van der Waals surface area contributed by atoms with Gasteiger partial charge in [-0.1, -0.05) is 29.8 Å². The number of furan rings is 1. The van der Waals surface area contributed by atoms with Gasteiger partial charge in [0.2, 0.25) is 0 Å². The highest BCUT2D eigenvalue weighted by Crippen LogP contribution is 2.33. The highest BCUT2D eigenvalue weighted by atomic mass is 16.3. The van der Waals surface area contributed by atoms with E-state index in [0.29, 0.717) is 6.04 Å². The minimum atomic E-state index is 0.303. The first kappa shape index (κ1) is 13.9. The molecule has 1 aliphatic rings. The van der Waals surface area contributed by atoms with Crippen molar-refractivity contribution < 1.29 is 4.42 Å². The van der Waals surface area contributed by atoms with Crippen LogP contribution in [0.3, 0.4) is 0 Å². The molecule has 0 aliphatic carbocycles. The third-order valence-corrected chi connectivity index (χ3v) is 5.19. The summed E-state index contributed by atoms with van der Waals surface area (Å²) in [6.45, 7) is 3.18. The molecule has 3 heterocycles. The molecule has 5 rings (SSSR count). The number of aryl methyl sites for hydroxylation is 1. The Hall–Kier alpha value is -2.52. The Labute approximate surface area is 140 Å². The molecule has 2 aromatic heterocycles. The van der Waals surface area contributed by atoms with E-state index < -0.39 is 0 Å². The van der Waals surface area contributed by atoms with E-state index in [4.69, 9.17) is 4.42 Å². The van der Waals surface area contributed by atoms with Gasteiger partial charge in [0.1, 0.15) is 5.58 Å². The summed E-state index contributed by atoms with van der Waals surface area (Å²) in [5.74, 6) is 0. The van der Waals surface area contributed by atoms with Gasteiger partial charge in [0, 0.05) is 22.0 Å². The summed E-state index contributed by atoms with van der Waals surface area (Å²) in [5, 5.41) is 6.24. The van der Waals surface area contributed by atoms with Crippen molar-refractivity contribution in [3.63, 3.8) is 0 Å². The molecule has 1 aliphatic heterocycles. The van der Waals surface area contributed by atoms with E-state index in [-0.39, 0.29) is 0 Å². The monoisotopic (exact) mass is 316 g/mol. The smallest absolute Gasteiger partial charge is 0.137 e. The summed E-state index contributed by atoms with van der Waals surface area (Å²) < 4.78 is 5.72.